The summed E-state index contributed by atoms with van der Waals surface area (Å²) in [6.45, 7) is 29.0. The SMILES string of the molecule is CC1=C(C(C)(C)C(C)C)C=C[C]1(C)[Zr+2][C]1(C)C=CC(C(C)(C)C(C)C)=C1C.[Cl-].[Cl-]. The largest absolute Gasteiger partial charge is 1.00 e. The van der Waals surface area contributed by atoms with Crippen LogP contribution in [0.3, 0.4) is 0 Å². The summed E-state index contributed by atoms with van der Waals surface area (Å²) in [5, 5.41) is 0. The van der Waals surface area contributed by atoms with Crippen LogP contribution in [-0.4, -0.2) is 0 Å². The van der Waals surface area contributed by atoms with Gasteiger partial charge in [-0.05, 0) is 0 Å². The van der Waals surface area contributed by atoms with Crippen LogP contribution in [0.1, 0.15) is 83.1 Å². The molecule has 0 saturated heterocycles. The summed E-state index contributed by atoms with van der Waals surface area (Å²) in [6.07, 6.45) is 10.1. The van der Waals surface area contributed by atoms with Gasteiger partial charge in [-0.1, -0.05) is 0 Å². The van der Waals surface area contributed by atoms with E-state index < -0.39 is 23.2 Å². The van der Waals surface area contributed by atoms with E-state index >= 15 is 0 Å². The topological polar surface area (TPSA) is 0 Å². The van der Waals surface area contributed by atoms with Gasteiger partial charge in [-0.2, -0.15) is 0 Å². The first-order chi connectivity index (χ1) is 12.1. The van der Waals surface area contributed by atoms with Gasteiger partial charge in [-0.25, -0.2) is 0 Å². The second-order valence-electron chi connectivity index (χ2n) is 11.0. The fraction of sp³-hybridized carbons (Fsp3) is 0.692. The van der Waals surface area contributed by atoms with E-state index in [0.717, 1.165) is 0 Å². The minimum atomic E-state index is -0.799. The van der Waals surface area contributed by atoms with Gasteiger partial charge < -0.3 is 24.8 Å². The second kappa shape index (κ2) is 9.50. The Morgan fingerprint density at radius 1 is 0.690 bits per heavy atom. The quantitative estimate of drug-likeness (QED) is 0.509. The number of rotatable bonds is 6. The van der Waals surface area contributed by atoms with Crippen molar-refractivity contribution in [1.29, 1.82) is 0 Å². The fourth-order valence-corrected chi connectivity index (χ4v) is 9.44. The zero-order valence-corrected chi connectivity index (χ0v) is 24.7. The van der Waals surface area contributed by atoms with Crippen LogP contribution in [0.25, 0.3) is 0 Å². The van der Waals surface area contributed by atoms with E-state index in [9.17, 15) is 0 Å². The second-order valence-corrected chi connectivity index (χ2v) is 16.7. The molecule has 0 aromatic rings. The minimum absolute atomic E-state index is 0. The molecule has 0 aliphatic heterocycles. The van der Waals surface area contributed by atoms with Crippen LogP contribution >= 0.6 is 0 Å². The average molecular weight is 517 g/mol. The number of hydrogen-bond donors (Lipinski definition) is 0. The van der Waals surface area contributed by atoms with E-state index in [4.69, 9.17) is 0 Å². The first kappa shape index (κ1) is 29.4. The van der Waals surface area contributed by atoms with E-state index in [1.54, 1.807) is 22.3 Å². The molecule has 3 heteroatoms. The van der Waals surface area contributed by atoms with Crippen molar-refractivity contribution in [2.24, 2.45) is 22.7 Å². The molecule has 0 aromatic carbocycles. The Hall–Kier alpha value is 0.423. The van der Waals surface area contributed by atoms with Crippen molar-refractivity contribution in [1.82, 2.24) is 0 Å². The molecule has 0 spiro atoms. The standard InChI is InChI=1S/2C13H21.2ClH.Zr/c2*1-9(2)13(5,6)12-8-7-10(3)11(12)4;;;/h2*7-9H,1-6H3;2*1H;/q;;;;+2/p-2. The van der Waals surface area contributed by atoms with Gasteiger partial charge in [0.1, 0.15) is 0 Å². The molecule has 2 atom stereocenters. The Bertz CT molecular complexity index is 672. The van der Waals surface area contributed by atoms with Crippen LogP contribution in [0.2, 0.25) is 6.25 Å². The van der Waals surface area contributed by atoms with Gasteiger partial charge in [-0.3, -0.25) is 0 Å². The van der Waals surface area contributed by atoms with Gasteiger partial charge in [-0.15, -0.1) is 0 Å². The molecule has 0 fully saturated rings. The summed E-state index contributed by atoms with van der Waals surface area (Å²) < 4.78 is 0.616. The van der Waals surface area contributed by atoms with E-state index in [0.29, 0.717) is 18.1 Å². The molecule has 0 radical (unpaired) electrons. The van der Waals surface area contributed by atoms with E-state index in [1.807, 2.05) is 0 Å². The molecule has 2 rings (SSSR count). The normalized spacial score (nSPS) is 27.0. The van der Waals surface area contributed by atoms with Crippen LogP contribution in [0.4, 0.5) is 0 Å². The van der Waals surface area contributed by atoms with Crippen molar-refractivity contribution >= 4 is 0 Å². The Labute approximate surface area is 205 Å². The summed E-state index contributed by atoms with van der Waals surface area (Å²) in [5.74, 6) is 1.31. The van der Waals surface area contributed by atoms with E-state index in [2.05, 4.69) is 107 Å². The molecule has 0 amide bonds. The van der Waals surface area contributed by atoms with Crippen molar-refractivity contribution in [2.45, 2.75) is 89.3 Å². The summed E-state index contributed by atoms with van der Waals surface area (Å²) in [6, 6.07) is 0. The number of halogens is 2. The van der Waals surface area contributed by atoms with Crippen LogP contribution < -0.4 is 24.8 Å². The Morgan fingerprint density at radius 3 is 1.21 bits per heavy atom. The summed E-state index contributed by atoms with van der Waals surface area (Å²) >= 11 is -0.799. The smallest absolute Gasteiger partial charge is 1.00 e. The van der Waals surface area contributed by atoms with Crippen molar-refractivity contribution in [3.63, 3.8) is 0 Å². The minimum Gasteiger partial charge on any atom is -1.00 e. The number of allylic oxidation sites excluding steroid dienone is 8. The molecule has 0 bridgehead atoms. The molecule has 2 unspecified atom stereocenters. The van der Waals surface area contributed by atoms with Crippen molar-refractivity contribution in [3.8, 4) is 0 Å². The molecule has 0 nitrogen and oxygen atoms in total. The maximum absolute atomic E-state index is 2.56. The Morgan fingerprint density at radius 2 is 0.966 bits per heavy atom. The third-order valence-electron chi connectivity index (χ3n) is 8.33. The molecule has 2 aliphatic carbocycles. The maximum atomic E-state index is 2.56. The van der Waals surface area contributed by atoms with Crippen molar-refractivity contribution < 1.29 is 48.0 Å². The van der Waals surface area contributed by atoms with Gasteiger partial charge in [0.05, 0.1) is 0 Å². The van der Waals surface area contributed by atoms with Gasteiger partial charge in [0.2, 0.25) is 0 Å². The zero-order valence-electron chi connectivity index (χ0n) is 20.7. The van der Waals surface area contributed by atoms with Gasteiger partial charge in [0.25, 0.3) is 0 Å². The average Bonchev–Trinajstić information content (AvgIpc) is 2.97. The zero-order chi connectivity index (χ0) is 21.0. The first-order valence-corrected chi connectivity index (χ1v) is 13.2. The maximum Gasteiger partial charge on any atom is -1.00 e. The monoisotopic (exact) mass is 514 g/mol. The molecule has 0 N–H and O–H groups in total. The first-order valence-electron chi connectivity index (χ1n) is 10.7. The summed E-state index contributed by atoms with van der Waals surface area (Å²) in [5.41, 5.74) is 6.98. The van der Waals surface area contributed by atoms with Crippen LogP contribution in [0.15, 0.2) is 46.6 Å². The van der Waals surface area contributed by atoms with E-state index in [1.165, 1.54) is 0 Å². The predicted octanol–water partition coefficient (Wildman–Crippen LogP) is 2.57. The van der Waals surface area contributed by atoms with Crippen LogP contribution in [0.5, 0.6) is 0 Å². The third-order valence-corrected chi connectivity index (χ3v) is 13.5. The molecule has 2 aliphatic rings. The fourth-order valence-electron chi connectivity index (χ4n) is 4.39. The number of hydrogen-bond acceptors (Lipinski definition) is 0. The molecular weight excluding hydrogens is 474 g/mol. The Balaban J connectivity index is 0.00000392. The van der Waals surface area contributed by atoms with Crippen molar-refractivity contribution in [3.05, 3.63) is 46.6 Å². The predicted molar refractivity (Wildman–Crippen MR) is 118 cm³/mol. The van der Waals surface area contributed by atoms with Gasteiger partial charge >= 0.3 is 182 Å². The molecule has 0 saturated carbocycles. The summed E-state index contributed by atoms with van der Waals surface area (Å²) in [4.78, 5) is 0. The van der Waals surface area contributed by atoms with Crippen molar-refractivity contribution in [2.75, 3.05) is 0 Å². The van der Waals surface area contributed by atoms with Crippen LogP contribution in [-0.2, 0) is 23.2 Å². The molecule has 0 aromatic heterocycles. The van der Waals surface area contributed by atoms with Gasteiger partial charge in [0.15, 0.2) is 0 Å². The Kier molecular flexibility index (Phi) is 9.64. The molecule has 164 valence electrons. The molecular formula is C26H42Cl2Zr. The molecule has 0 heterocycles. The van der Waals surface area contributed by atoms with Crippen LogP contribution in [0, 0.1) is 22.7 Å². The molecule has 29 heavy (non-hydrogen) atoms. The summed E-state index contributed by atoms with van der Waals surface area (Å²) in [7, 11) is 0. The van der Waals surface area contributed by atoms with E-state index in [-0.39, 0.29) is 35.6 Å². The van der Waals surface area contributed by atoms with Gasteiger partial charge in [0, 0.05) is 0 Å². The third kappa shape index (κ3) is 5.09.